The summed E-state index contributed by atoms with van der Waals surface area (Å²) in [5.41, 5.74) is 8.22. The first-order chi connectivity index (χ1) is 31.2. The number of hydrogen-bond acceptors (Lipinski definition) is 6. The van der Waals surface area contributed by atoms with Crippen molar-refractivity contribution in [3.63, 3.8) is 0 Å². The topological polar surface area (TPSA) is 78.1 Å². The molecule has 6 nitrogen and oxygen atoms in total. The highest BCUT2D eigenvalue weighted by Crippen LogP contribution is 2.42. The maximum absolute atomic E-state index is 6.41. The molecule has 0 amide bonds. The fraction of sp³-hybridized carbons (Fsp3) is 0. The normalized spacial score (nSPS) is 11.8. The van der Waals surface area contributed by atoms with E-state index in [9.17, 15) is 0 Å². The maximum Gasteiger partial charge on any atom is 0.164 e. The predicted molar refractivity (Wildman–Crippen MR) is 254 cm³/mol. The Kier molecular flexibility index (Phi) is 7.80. The Bertz CT molecular complexity index is 3430. The van der Waals surface area contributed by atoms with Gasteiger partial charge in [0.15, 0.2) is 17.5 Å². The van der Waals surface area contributed by atoms with Crippen LogP contribution in [0.2, 0.25) is 0 Å². The van der Waals surface area contributed by atoms with Gasteiger partial charge in [-0.05, 0) is 105 Å². The molecule has 0 N–H and O–H groups in total. The van der Waals surface area contributed by atoms with Gasteiger partial charge in [0.05, 0.1) is 0 Å². The van der Waals surface area contributed by atoms with Crippen molar-refractivity contribution in [1.29, 1.82) is 0 Å². The summed E-state index contributed by atoms with van der Waals surface area (Å²) in [6.07, 6.45) is 0. The summed E-state index contributed by atoms with van der Waals surface area (Å²) in [5.74, 6) is 4.13. The van der Waals surface area contributed by atoms with Gasteiger partial charge in [-0.2, -0.15) is 0 Å². The minimum Gasteiger partial charge on any atom is -0.456 e. The van der Waals surface area contributed by atoms with Crippen LogP contribution in [0.15, 0.2) is 213 Å². The Morgan fingerprint density at radius 3 is 0.762 bits per heavy atom. The largest absolute Gasteiger partial charge is 0.456 e. The second kappa shape index (κ2) is 14.0. The summed E-state index contributed by atoms with van der Waals surface area (Å²) in [4.78, 5) is 16.1. The van der Waals surface area contributed by atoms with Crippen LogP contribution >= 0.6 is 0 Å². The molecule has 0 unspecified atom stereocenters. The van der Waals surface area contributed by atoms with Crippen LogP contribution in [-0.2, 0) is 0 Å². The van der Waals surface area contributed by atoms with Crippen molar-refractivity contribution in [2.24, 2.45) is 0 Å². The summed E-state index contributed by atoms with van der Waals surface area (Å²) in [7, 11) is 0. The fourth-order valence-corrected chi connectivity index (χ4v) is 9.21. The van der Waals surface area contributed by atoms with Crippen LogP contribution in [0.1, 0.15) is 0 Å². The van der Waals surface area contributed by atoms with Gasteiger partial charge in [-0.25, -0.2) is 15.0 Å². The van der Waals surface area contributed by atoms with Crippen LogP contribution in [0.4, 0.5) is 0 Å². The van der Waals surface area contributed by atoms with Gasteiger partial charge in [0.25, 0.3) is 0 Å². The molecule has 0 saturated carbocycles. The van der Waals surface area contributed by atoms with Gasteiger partial charge in [0, 0.05) is 49.5 Å². The summed E-state index contributed by atoms with van der Waals surface area (Å²) < 4.78 is 19.2. The molecule has 0 bridgehead atoms. The van der Waals surface area contributed by atoms with Crippen LogP contribution in [-0.4, -0.2) is 15.0 Å². The zero-order valence-electron chi connectivity index (χ0n) is 33.6. The van der Waals surface area contributed by atoms with Gasteiger partial charge in [-0.15, -0.1) is 0 Å². The molecule has 0 aliphatic rings. The van der Waals surface area contributed by atoms with Crippen LogP contribution in [0, 0.1) is 0 Å². The molecule has 0 atom stereocenters. The number of hydrogen-bond donors (Lipinski definition) is 0. The Hall–Kier alpha value is -8.61. The van der Waals surface area contributed by atoms with Gasteiger partial charge in [0.1, 0.15) is 34.0 Å². The van der Waals surface area contributed by atoms with Crippen molar-refractivity contribution >= 4 is 65.2 Å². The fourth-order valence-electron chi connectivity index (χ4n) is 9.21. The van der Waals surface area contributed by atoms with Crippen LogP contribution in [0.3, 0.4) is 0 Å². The summed E-state index contributed by atoms with van der Waals surface area (Å²) in [6, 6.07) is 68.5. The number of rotatable bonds is 6. The number of furan rings is 3. The quantitative estimate of drug-likeness (QED) is 0.166. The lowest BCUT2D eigenvalue weighted by Gasteiger charge is -2.15. The monoisotopic (exact) mass is 807 g/mol. The van der Waals surface area contributed by atoms with E-state index >= 15 is 0 Å². The molecule has 63 heavy (non-hydrogen) atoms. The van der Waals surface area contributed by atoms with Crippen molar-refractivity contribution in [3.05, 3.63) is 200 Å². The molecule has 6 heteroatoms. The Balaban J connectivity index is 1.04. The highest BCUT2D eigenvalue weighted by atomic mass is 16.3. The van der Waals surface area contributed by atoms with Crippen molar-refractivity contribution in [2.75, 3.05) is 0 Å². The van der Waals surface area contributed by atoms with Crippen molar-refractivity contribution in [2.45, 2.75) is 0 Å². The first-order valence-electron chi connectivity index (χ1n) is 21.0. The maximum atomic E-state index is 6.41. The van der Waals surface area contributed by atoms with E-state index in [2.05, 4.69) is 146 Å². The highest BCUT2D eigenvalue weighted by molar-refractivity contribution is 6.08. The molecular formula is C57H33N3O3. The lowest BCUT2D eigenvalue weighted by molar-refractivity contribution is 0.632. The summed E-state index contributed by atoms with van der Waals surface area (Å²) in [6.45, 7) is 0. The number of nitrogens with zero attached hydrogens (tertiary/aromatic N) is 3. The van der Waals surface area contributed by atoms with Crippen LogP contribution < -0.4 is 0 Å². The van der Waals surface area contributed by atoms with Gasteiger partial charge in [0.2, 0.25) is 0 Å². The van der Waals surface area contributed by atoms with E-state index in [0.717, 1.165) is 116 Å². The molecule has 0 aliphatic carbocycles. The molecule has 0 spiro atoms. The Labute approximate surface area is 360 Å². The second-order valence-electron chi connectivity index (χ2n) is 15.9. The van der Waals surface area contributed by atoms with Gasteiger partial charge in [-0.3, -0.25) is 0 Å². The standard InChI is InChI=1S/C57H33N3O3/c1-10-22-49-34(13-1)31-52(61-49)43-25-28-46(40-19-7-4-16-37(40)43)55-58-56(47-29-26-44(38-17-5-8-20-41(38)47)53-32-35-14-2-11-23-50(35)62-53)60-57(59-55)48-30-27-45(39-18-6-9-21-42(39)48)54-33-36-15-3-12-24-51(36)63-54/h1-33H. The molecule has 13 rings (SSSR count). The van der Waals surface area contributed by atoms with E-state index in [1.165, 1.54) is 0 Å². The molecule has 0 aliphatic heterocycles. The Morgan fingerprint density at radius 1 is 0.238 bits per heavy atom. The van der Waals surface area contributed by atoms with E-state index in [0.29, 0.717) is 17.5 Å². The third kappa shape index (κ3) is 5.76. The van der Waals surface area contributed by atoms with Gasteiger partial charge in [-0.1, -0.05) is 127 Å². The van der Waals surface area contributed by atoms with Crippen molar-refractivity contribution in [1.82, 2.24) is 15.0 Å². The molecule has 0 fully saturated rings. The SMILES string of the molecule is c1ccc2oc(-c3ccc(-c4nc(-c5ccc(-c6cc7ccccc7o6)c6ccccc56)nc(-c5ccc(-c6cc7ccccc7o6)c6ccccc56)n4)c4ccccc34)cc2c1. The van der Waals surface area contributed by atoms with Crippen molar-refractivity contribution in [3.8, 4) is 68.1 Å². The zero-order chi connectivity index (χ0) is 41.4. The van der Waals surface area contributed by atoms with Gasteiger partial charge < -0.3 is 13.3 Å². The van der Waals surface area contributed by atoms with E-state index in [-0.39, 0.29) is 0 Å². The zero-order valence-corrected chi connectivity index (χ0v) is 33.6. The molecule has 0 saturated heterocycles. The summed E-state index contributed by atoms with van der Waals surface area (Å²) >= 11 is 0. The molecule has 4 heterocycles. The molecule has 4 aromatic heterocycles. The van der Waals surface area contributed by atoms with E-state index < -0.39 is 0 Å². The number of benzene rings is 9. The third-order valence-electron chi connectivity index (χ3n) is 12.2. The van der Waals surface area contributed by atoms with E-state index in [1.807, 2.05) is 54.6 Å². The number of fused-ring (bicyclic) bond motifs is 6. The lowest BCUT2D eigenvalue weighted by Crippen LogP contribution is -2.02. The molecule has 13 aromatic rings. The van der Waals surface area contributed by atoms with Crippen molar-refractivity contribution < 1.29 is 13.3 Å². The van der Waals surface area contributed by atoms with E-state index in [1.54, 1.807) is 0 Å². The third-order valence-corrected chi connectivity index (χ3v) is 12.2. The first-order valence-corrected chi connectivity index (χ1v) is 21.0. The molecule has 9 aromatic carbocycles. The number of aromatic nitrogens is 3. The molecular weight excluding hydrogens is 775 g/mol. The minimum absolute atomic E-state index is 0.568. The number of para-hydroxylation sites is 3. The lowest BCUT2D eigenvalue weighted by atomic mass is 9.96. The minimum atomic E-state index is 0.568. The first kappa shape index (κ1) is 35.2. The second-order valence-corrected chi connectivity index (χ2v) is 15.9. The average molecular weight is 808 g/mol. The highest BCUT2D eigenvalue weighted by Gasteiger charge is 2.22. The Morgan fingerprint density at radius 2 is 0.476 bits per heavy atom. The molecule has 294 valence electrons. The summed E-state index contributed by atoms with van der Waals surface area (Å²) in [5, 5.41) is 9.33. The predicted octanol–water partition coefficient (Wildman–Crippen LogP) is 15.6. The van der Waals surface area contributed by atoms with Crippen LogP contribution in [0.5, 0.6) is 0 Å². The van der Waals surface area contributed by atoms with E-state index in [4.69, 9.17) is 28.2 Å². The van der Waals surface area contributed by atoms with Gasteiger partial charge >= 0.3 is 0 Å². The van der Waals surface area contributed by atoms with Crippen LogP contribution in [0.25, 0.3) is 133 Å². The average Bonchev–Trinajstić information content (AvgIpc) is 4.10. The molecule has 0 radical (unpaired) electrons. The smallest absolute Gasteiger partial charge is 0.164 e.